The van der Waals surface area contributed by atoms with Gasteiger partial charge < -0.3 is 14.8 Å². The molecule has 0 aliphatic heterocycles. The van der Waals surface area contributed by atoms with Crippen LogP contribution in [0.4, 0.5) is 8.78 Å². The fourth-order valence-corrected chi connectivity index (χ4v) is 2.41. The predicted octanol–water partition coefficient (Wildman–Crippen LogP) is 2.59. The minimum Gasteiger partial charge on any atom is -0.466 e. The Morgan fingerprint density at radius 1 is 1.32 bits per heavy atom. The van der Waals surface area contributed by atoms with Crippen molar-refractivity contribution in [2.24, 2.45) is 0 Å². The van der Waals surface area contributed by atoms with E-state index in [0.29, 0.717) is 0 Å². The molecule has 6 nitrogen and oxygen atoms in total. The summed E-state index contributed by atoms with van der Waals surface area (Å²) in [6, 6.07) is 6.58. The summed E-state index contributed by atoms with van der Waals surface area (Å²) in [5, 5.41) is 19.0. The number of halogens is 2. The third-order valence-corrected chi connectivity index (χ3v) is 3.74. The van der Waals surface area contributed by atoms with E-state index in [1.54, 1.807) is 12.1 Å². The number of aromatic nitrogens is 2. The topological polar surface area (TPSA) is 91.1 Å². The first-order valence-corrected chi connectivity index (χ1v) is 7.42. The fraction of sp³-hybridized carbons (Fsp3) is 0.176. The zero-order valence-corrected chi connectivity index (χ0v) is 13.2. The van der Waals surface area contributed by atoms with Crippen molar-refractivity contribution in [3.63, 3.8) is 0 Å². The lowest BCUT2D eigenvalue weighted by Gasteiger charge is -2.21. The van der Waals surface area contributed by atoms with Gasteiger partial charge in [0.2, 0.25) is 0 Å². The van der Waals surface area contributed by atoms with Gasteiger partial charge in [-0.15, -0.1) is 0 Å². The quantitative estimate of drug-likeness (QED) is 0.662. The maximum atomic E-state index is 13.9. The summed E-state index contributed by atoms with van der Waals surface area (Å²) in [6.45, 7) is 1.31. The van der Waals surface area contributed by atoms with Crippen molar-refractivity contribution in [3.05, 3.63) is 65.7 Å². The highest BCUT2D eigenvalue weighted by Gasteiger charge is 2.28. The van der Waals surface area contributed by atoms with Crippen molar-refractivity contribution in [1.29, 1.82) is 0 Å². The van der Waals surface area contributed by atoms with Gasteiger partial charge in [-0.1, -0.05) is 6.07 Å². The van der Waals surface area contributed by atoms with Gasteiger partial charge in [-0.25, -0.2) is 8.78 Å². The van der Waals surface area contributed by atoms with E-state index in [0.717, 1.165) is 18.3 Å². The van der Waals surface area contributed by atoms with E-state index in [9.17, 15) is 18.7 Å². The highest BCUT2D eigenvalue weighted by atomic mass is 19.1. The van der Waals surface area contributed by atoms with Crippen molar-refractivity contribution in [2.45, 2.75) is 12.5 Å². The van der Waals surface area contributed by atoms with Crippen LogP contribution in [0.15, 0.2) is 47.2 Å². The van der Waals surface area contributed by atoms with Gasteiger partial charge >= 0.3 is 0 Å². The number of amides is 1. The fourth-order valence-electron chi connectivity index (χ4n) is 2.41. The first-order chi connectivity index (χ1) is 11.9. The maximum Gasteiger partial charge on any atom is 0.255 e. The Labute approximate surface area is 141 Å². The van der Waals surface area contributed by atoms with E-state index >= 15 is 0 Å². The smallest absolute Gasteiger partial charge is 0.255 e. The van der Waals surface area contributed by atoms with E-state index in [1.165, 1.54) is 19.3 Å². The molecule has 0 aliphatic carbocycles. The molecule has 25 heavy (non-hydrogen) atoms. The monoisotopic (exact) mass is 347 g/mol. The molecular weight excluding hydrogens is 332 g/mol. The summed E-state index contributed by atoms with van der Waals surface area (Å²) in [5.74, 6) is -2.00. The normalized spacial score (nSPS) is 13.4. The number of aliphatic hydroxyl groups is 1. The maximum absolute atomic E-state index is 13.9. The second kappa shape index (κ2) is 6.48. The first-order valence-electron chi connectivity index (χ1n) is 7.42. The van der Waals surface area contributed by atoms with Gasteiger partial charge in [0.25, 0.3) is 5.91 Å². The number of hydrogen-bond acceptors (Lipinski definition) is 4. The predicted molar refractivity (Wildman–Crippen MR) is 84.6 cm³/mol. The third-order valence-electron chi connectivity index (χ3n) is 3.74. The molecule has 1 unspecified atom stereocenters. The molecule has 3 aromatic rings. The van der Waals surface area contributed by atoms with E-state index in [4.69, 9.17) is 4.42 Å². The Morgan fingerprint density at radius 2 is 2.04 bits per heavy atom. The number of carbonyl (C=O) groups is 1. The van der Waals surface area contributed by atoms with Crippen molar-refractivity contribution in [1.82, 2.24) is 15.5 Å². The van der Waals surface area contributed by atoms with Gasteiger partial charge in [0, 0.05) is 0 Å². The van der Waals surface area contributed by atoms with Crippen molar-refractivity contribution < 1.29 is 23.1 Å². The highest BCUT2D eigenvalue weighted by Crippen LogP contribution is 2.27. The molecule has 0 saturated carbocycles. The molecule has 2 heterocycles. The summed E-state index contributed by atoms with van der Waals surface area (Å²) in [4.78, 5) is 12.4. The zero-order chi connectivity index (χ0) is 18.0. The number of carbonyl (C=O) groups excluding carboxylic acids is 1. The molecule has 1 amide bonds. The lowest BCUT2D eigenvalue weighted by atomic mass is 10.0. The molecule has 3 rings (SSSR count). The average Bonchev–Trinajstić information content (AvgIpc) is 3.24. The lowest BCUT2D eigenvalue weighted by Crippen LogP contribution is -2.38. The van der Waals surface area contributed by atoms with Crippen LogP contribution in [0.3, 0.4) is 0 Å². The molecule has 3 N–H and O–H groups in total. The van der Waals surface area contributed by atoms with E-state index in [2.05, 4.69) is 15.5 Å². The van der Waals surface area contributed by atoms with Gasteiger partial charge in [-0.2, -0.15) is 5.10 Å². The second-order valence-corrected chi connectivity index (χ2v) is 5.69. The van der Waals surface area contributed by atoms with Crippen LogP contribution < -0.4 is 5.32 Å². The number of aromatic amines is 1. The summed E-state index contributed by atoms with van der Waals surface area (Å²) in [7, 11) is 0. The molecule has 0 spiro atoms. The summed E-state index contributed by atoms with van der Waals surface area (Å²) in [5.41, 5.74) is -1.93. The van der Waals surface area contributed by atoms with Crippen LogP contribution in [-0.4, -0.2) is 27.8 Å². The number of benzene rings is 1. The molecule has 1 aromatic carbocycles. The SMILES string of the molecule is CC(O)(CNC(=O)c1cn[nH]c1-c1c(F)cccc1F)c1ccco1. The Morgan fingerprint density at radius 3 is 2.68 bits per heavy atom. The molecule has 2 aromatic heterocycles. The molecule has 0 bridgehead atoms. The Bertz CT molecular complexity index is 868. The lowest BCUT2D eigenvalue weighted by molar-refractivity contribution is 0.0330. The number of H-pyrrole nitrogens is 1. The van der Waals surface area contributed by atoms with Gasteiger partial charge in [-0.3, -0.25) is 9.89 Å². The van der Waals surface area contributed by atoms with Crippen molar-refractivity contribution in [3.8, 4) is 11.3 Å². The second-order valence-electron chi connectivity index (χ2n) is 5.69. The molecule has 0 fully saturated rings. The molecule has 0 saturated heterocycles. The summed E-state index contributed by atoms with van der Waals surface area (Å²) in [6.07, 6.45) is 2.57. The third kappa shape index (κ3) is 3.29. The Hall–Kier alpha value is -3.00. The van der Waals surface area contributed by atoms with Gasteiger partial charge in [0.05, 0.1) is 35.8 Å². The molecule has 1 atom stereocenters. The van der Waals surface area contributed by atoms with Crippen LogP contribution in [0, 0.1) is 11.6 Å². The highest BCUT2D eigenvalue weighted by molar-refractivity contribution is 5.99. The Kier molecular flexibility index (Phi) is 4.37. The minimum atomic E-state index is -1.44. The number of nitrogens with one attached hydrogen (secondary N) is 2. The van der Waals surface area contributed by atoms with Gasteiger partial charge in [0.15, 0.2) is 0 Å². The Balaban J connectivity index is 1.82. The van der Waals surface area contributed by atoms with Crippen LogP contribution in [0.25, 0.3) is 11.3 Å². The molecule has 130 valence electrons. The van der Waals surface area contributed by atoms with Gasteiger partial charge in [0.1, 0.15) is 23.0 Å². The molecule has 0 radical (unpaired) electrons. The molecule has 0 aliphatic rings. The number of nitrogens with zero attached hydrogens (tertiary/aromatic N) is 1. The van der Waals surface area contributed by atoms with Crippen LogP contribution >= 0.6 is 0 Å². The largest absolute Gasteiger partial charge is 0.466 e. The standard InChI is InChI=1S/C17H15F2N3O3/c1-17(24,13-6-3-7-25-13)9-20-16(23)10-8-21-22-15(10)14-11(18)4-2-5-12(14)19/h2-8,24H,9H2,1H3,(H,20,23)(H,21,22). The van der Waals surface area contributed by atoms with E-state index < -0.39 is 23.1 Å². The molecule has 8 heteroatoms. The van der Waals surface area contributed by atoms with E-state index in [1.807, 2.05) is 0 Å². The van der Waals surface area contributed by atoms with Crippen LogP contribution in [0.5, 0.6) is 0 Å². The number of rotatable bonds is 5. The zero-order valence-electron chi connectivity index (χ0n) is 13.2. The summed E-state index contributed by atoms with van der Waals surface area (Å²) >= 11 is 0. The summed E-state index contributed by atoms with van der Waals surface area (Å²) < 4.78 is 33.0. The number of furan rings is 1. The van der Waals surface area contributed by atoms with Crippen LogP contribution in [0.2, 0.25) is 0 Å². The van der Waals surface area contributed by atoms with Crippen LogP contribution in [-0.2, 0) is 5.60 Å². The van der Waals surface area contributed by atoms with Crippen molar-refractivity contribution in [2.75, 3.05) is 6.54 Å². The number of hydrogen-bond donors (Lipinski definition) is 3. The van der Waals surface area contributed by atoms with E-state index in [-0.39, 0.29) is 29.1 Å². The minimum absolute atomic E-state index is 0.0424. The van der Waals surface area contributed by atoms with Crippen molar-refractivity contribution >= 4 is 5.91 Å². The molecular formula is C17H15F2N3O3. The van der Waals surface area contributed by atoms with Gasteiger partial charge in [-0.05, 0) is 31.2 Å². The average molecular weight is 347 g/mol. The first kappa shape index (κ1) is 16.8. The van der Waals surface area contributed by atoms with Crippen LogP contribution in [0.1, 0.15) is 23.0 Å².